The maximum atomic E-state index is 7.39. The van der Waals surface area contributed by atoms with E-state index < -0.39 is 0 Å². The van der Waals surface area contributed by atoms with Gasteiger partial charge in [-0.1, -0.05) is 179 Å². The molecule has 0 saturated carbocycles. The van der Waals surface area contributed by atoms with Crippen molar-refractivity contribution in [3.8, 4) is 44.5 Å². The molecular weight excluding hydrogens is 775 g/mol. The molecule has 304 valence electrons. The summed E-state index contributed by atoms with van der Waals surface area (Å²) in [5, 5.41) is 6.89. The molecule has 0 unspecified atom stereocenters. The number of nitrogens with zero attached hydrogens (tertiary/aromatic N) is 1. The highest BCUT2D eigenvalue weighted by Crippen LogP contribution is 2.55. The van der Waals surface area contributed by atoms with Crippen LogP contribution in [0, 0.1) is 0 Å². The van der Waals surface area contributed by atoms with Crippen LogP contribution in [-0.4, -0.2) is 0 Å². The largest absolute Gasteiger partial charge is 0.455 e. The molecule has 11 aromatic rings. The topological polar surface area (TPSA) is 16.4 Å². The van der Waals surface area contributed by atoms with Gasteiger partial charge in [0.15, 0.2) is 0 Å². The first-order valence-electron chi connectivity index (χ1n) is 22.5. The summed E-state index contributed by atoms with van der Waals surface area (Å²) in [6.07, 6.45) is 0. The van der Waals surface area contributed by atoms with E-state index in [1.807, 2.05) is 0 Å². The van der Waals surface area contributed by atoms with Crippen LogP contribution in [0.2, 0.25) is 0 Å². The summed E-state index contributed by atoms with van der Waals surface area (Å²) in [5.74, 6) is 0. The van der Waals surface area contributed by atoms with Crippen molar-refractivity contribution in [1.29, 1.82) is 0 Å². The maximum absolute atomic E-state index is 7.39. The lowest BCUT2D eigenvalue weighted by atomic mass is 9.82. The number of anilines is 3. The molecular formula is C62H45NO. The van der Waals surface area contributed by atoms with Crippen LogP contribution < -0.4 is 4.90 Å². The van der Waals surface area contributed by atoms with Crippen LogP contribution in [0.3, 0.4) is 0 Å². The summed E-state index contributed by atoms with van der Waals surface area (Å²) >= 11 is 0. The zero-order valence-corrected chi connectivity index (χ0v) is 36.4. The van der Waals surface area contributed by atoms with Gasteiger partial charge in [-0.2, -0.15) is 0 Å². The molecule has 0 atom stereocenters. The third-order valence-electron chi connectivity index (χ3n) is 14.6. The smallest absolute Gasteiger partial charge is 0.145 e. The van der Waals surface area contributed by atoms with E-state index in [0.717, 1.165) is 55.5 Å². The lowest BCUT2D eigenvalue weighted by Crippen LogP contribution is -2.18. The Labute approximate surface area is 373 Å². The molecule has 0 fully saturated rings. The summed E-state index contributed by atoms with van der Waals surface area (Å²) in [4.78, 5) is 2.51. The van der Waals surface area contributed by atoms with Crippen molar-refractivity contribution in [3.05, 3.63) is 222 Å². The van der Waals surface area contributed by atoms with E-state index in [1.165, 1.54) is 71.8 Å². The maximum Gasteiger partial charge on any atom is 0.145 e. The Morgan fingerprint density at radius 1 is 0.344 bits per heavy atom. The van der Waals surface area contributed by atoms with Gasteiger partial charge in [0.2, 0.25) is 0 Å². The summed E-state index contributed by atoms with van der Waals surface area (Å²) in [6, 6.07) is 74.1. The fourth-order valence-electron chi connectivity index (χ4n) is 11.4. The SMILES string of the molecule is CC1(C)c2ccccc2-c2ccc(N(c3ccc4c(c3)C(C)(C)c3ccccc3-4)c3ccc(-c4ccc5ccccc5c4)c4oc5c6ccccc6c(-c6ccccc6)cc5c34)cc21. The van der Waals surface area contributed by atoms with Crippen LogP contribution in [0.25, 0.3) is 88.0 Å². The van der Waals surface area contributed by atoms with Crippen molar-refractivity contribution >= 4 is 60.5 Å². The van der Waals surface area contributed by atoms with Crippen LogP contribution in [0.1, 0.15) is 49.9 Å². The minimum absolute atomic E-state index is 0.170. The van der Waals surface area contributed by atoms with Gasteiger partial charge in [-0.3, -0.25) is 0 Å². The average molecular weight is 820 g/mol. The summed E-state index contributed by atoms with van der Waals surface area (Å²) in [7, 11) is 0. The van der Waals surface area contributed by atoms with Gasteiger partial charge in [0.25, 0.3) is 0 Å². The fraction of sp³-hybridized carbons (Fsp3) is 0.0968. The molecule has 13 rings (SSSR count). The zero-order valence-electron chi connectivity index (χ0n) is 36.4. The van der Waals surface area contributed by atoms with Gasteiger partial charge < -0.3 is 9.32 Å². The van der Waals surface area contributed by atoms with Crippen LogP contribution in [-0.2, 0) is 10.8 Å². The molecule has 0 radical (unpaired) electrons. The summed E-state index contributed by atoms with van der Waals surface area (Å²) in [6.45, 7) is 9.49. The van der Waals surface area contributed by atoms with Crippen LogP contribution in [0.4, 0.5) is 17.1 Å². The van der Waals surface area contributed by atoms with Gasteiger partial charge in [-0.25, -0.2) is 0 Å². The molecule has 0 spiro atoms. The second kappa shape index (κ2) is 13.4. The molecule has 1 aromatic heterocycles. The average Bonchev–Trinajstić information content (AvgIpc) is 3.92. The van der Waals surface area contributed by atoms with Gasteiger partial charge in [0, 0.05) is 38.5 Å². The van der Waals surface area contributed by atoms with E-state index in [-0.39, 0.29) is 10.8 Å². The number of benzene rings is 10. The minimum Gasteiger partial charge on any atom is -0.455 e. The number of furan rings is 1. The van der Waals surface area contributed by atoms with Crippen LogP contribution in [0.15, 0.2) is 205 Å². The van der Waals surface area contributed by atoms with Gasteiger partial charge in [-0.15, -0.1) is 0 Å². The number of rotatable bonds is 5. The highest BCUT2D eigenvalue weighted by Gasteiger charge is 2.38. The van der Waals surface area contributed by atoms with Crippen molar-refractivity contribution < 1.29 is 4.42 Å². The molecule has 0 aliphatic heterocycles. The van der Waals surface area contributed by atoms with Gasteiger partial charge in [0.1, 0.15) is 11.2 Å². The molecule has 0 N–H and O–H groups in total. The minimum atomic E-state index is -0.170. The second-order valence-corrected chi connectivity index (χ2v) is 18.8. The molecule has 0 bridgehead atoms. The highest BCUT2D eigenvalue weighted by molar-refractivity contribution is 6.24. The second-order valence-electron chi connectivity index (χ2n) is 18.8. The quantitative estimate of drug-likeness (QED) is 0.172. The molecule has 64 heavy (non-hydrogen) atoms. The third-order valence-corrected chi connectivity index (χ3v) is 14.6. The van der Waals surface area contributed by atoms with E-state index >= 15 is 0 Å². The summed E-state index contributed by atoms with van der Waals surface area (Å²) < 4.78 is 7.39. The Kier molecular flexibility index (Phi) is 7.74. The lowest BCUT2D eigenvalue weighted by molar-refractivity contribution is 0.660. The van der Waals surface area contributed by atoms with Gasteiger partial charge >= 0.3 is 0 Å². The van der Waals surface area contributed by atoms with Gasteiger partial charge in [0.05, 0.1) is 11.1 Å². The Morgan fingerprint density at radius 2 is 0.891 bits per heavy atom. The normalized spacial score (nSPS) is 14.2. The van der Waals surface area contributed by atoms with Crippen molar-refractivity contribution in [3.63, 3.8) is 0 Å². The van der Waals surface area contributed by atoms with Crippen LogP contribution in [0.5, 0.6) is 0 Å². The van der Waals surface area contributed by atoms with E-state index in [2.05, 4.69) is 233 Å². The molecule has 10 aromatic carbocycles. The number of hydrogen-bond donors (Lipinski definition) is 0. The van der Waals surface area contributed by atoms with E-state index in [9.17, 15) is 0 Å². The molecule has 0 amide bonds. The van der Waals surface area contributed by atoms with Crippen molar-refractivity contribution in [2.24, 2.45) is 0 Å². The van der Waals surface area contributed by atoms with Crippen molar-refractivity contribution in [1.82, 2.24) is 0 Å². The predicted molar refractivity (Wildman–Crippen MR) is 269 cm³/mol. The van der Waals surface area contributed by atoms with Gasteiger partial charge in [-0.05, 0) is 126 Å². The Hall–Kier alpha value is -7.68. The number of fused-ring (bicyclic) bond motifs is 12. The summed E-state index contributed by atoms with van der Waals surface area (Å²) in [5.41, 5.74) is 20.0. The lowest BCUT2D eigenvalue weighted by Gasteiger charge is -2.30. The highest BCUT2D eigenvalue weighted by atomic mass is 16.3. The molecule has 0 saturated heterocycles. The van der Waals surface area contributed by atoms with Crippen molar-refractivity contribution in [2.75, 3.05) is 4.90 Å². The molecule has 2 heteroatoms. The van der Waals surface area contributed by atoms with Crippen molar-refractivity contribution in [2.45, 2.75) is 38.5 Å². The Balaban J connectivity index is 1.14. The zero-order chi connectivity index (χ0) is 42.9. The standard InChI is InChI=1S/C62H45NO/c1-61(2)53-24-14-12-21-46(53)48-30-28-42(35-55(48)61)63(43-29-31-49-47-22-13-15-25-54(47)62(3,4)56(49)36-43)57-33-32-44(41-27-26-38-16-8-9-19-40(38)34-41)60-58(57)52-37-51(39-17-6-5-7-18-39)45-20-10-11-23-50(45)59(52)64-60/h5-37H,1-4H3. The molecule has 2 nitrogen and oxygen atoms in total. The Bertz CT molecular complexity index is 3630. The van der Waals surface area contributed by atoms with E-state index in [4.69, 9.17) is 4.42 Å². The Morgan fingerprint density at radius 3 is 1.56 bits per heavy atom. The first-order valence-corrected chi connectivity index (χ1v) is 22.5. The first kappa shape index (κ1) is 36.9. The first-order chi connectivity index (χ1) is 31.3. The monoisotopic (exact) mass is 819 g/mol. The molecule has 1 heterocycles. The van der Waals surface area contributed by atoms with Crippen LogP contribution >= 0.6 is 0 Å². The molecule has 2 aliphatic carbocycles. The fourth-order valence-corrected chi connectivity index (χ4v) is 11.4. The van der Waals surface area contributed by atoms with E-state index in [0.29, 0.717) is 0 Å². The predicted octanol–water partition coefficient (Wildman–Crippen LogP) is 17.3. The number of hydrogen-bond acceptors (Lipinski definition) is 2. The molecule has 2 aliphatic rings. The van der Waals surface area contributed by atoms with E-state index in [1.54, 1.807) is 0 Å². The third kappa shape index (κ3) is 5.20.